The maximum absolute atomic E-state index is 12.6. The van der Waals surface area contributed by atoms with Gasteiger partial charge >= 0.3 is 5.97 Å². The molecule has 1 heterocycles. The summed E-state index contributed by atoms with van der Waals surface area (Å²) in [5, 5.41) is 9.20. The molecule has 2 aliphatic carbocycles. The van der Waals surface area contributed by atoms with Crippen LogP contribution < -0.4 is 0 Å². The number of carboxylic acids is 1. The zero-order valence-corrected chi connectivity index (χ0v) is 12.0. The van der Waals surface area contributed by atoms with Crippen molar-refractivity contribution in [3.05, 3.63) is 0 Å². The standard InChI is InChI=1S/C15H24N2O3/c18-14(10-16-9-3-6-13(16)15(19)20)17(12-7-8-12)11-4-1-2-5-11/h11-13H,1-10H2,(H,19,20)/t13-/m0/s1. The number of hydrogen-bond acceptors (Lipinski definition) is 3. The average Bonchev–Trinajstić information content (AvgIpc) is 2.91. The topological polar surface area (TPSA) is 60.9 Å². The smallest absolute Gasteiger partial charge is 0.320 e. The minimum atomic E-state index is -0.783. The molecular weight excluding hydrogens is 256 g/mol. The summed E-state index contributed by atoms with van der Waals surface area (Å²) in [6, 6.07) is 0.404. The van der Waals surface area contributed by atoms with Crippen molar-refractivity contribution in [3.63, 3.8) is 0 Å². The zero-order valence-electron chi connectivity index (χ0n) is 12.0. The molecule has 0 bridgehead atoms. The Morgan fingerprint density at radius 2 is 1.65 bits per heavy atom. The molecular formula is C15H24N2O3. The highest BCUT2D eigenvalue weighted by Gasteiger charge is 2.40. The second-order valence-corrected chi connectivity index (χ2v) is 6.44. The third-order valence-corrected chi connectivity index (χ3v) is 4.93. The minimum absolute atomic E-state index is 0.160. The highest BCUT2D eigenvalue weighted by Crippen LogP contribution is 2.34. The van der Waals surface area contributed by atoms with E-state index < -0.39 is 12.0 Å². The summed E-state index contributed by atoms with van der Waals surface area (Å²) in [6.07, 6.45) is 8.53. The zero-order chi connectivity index (χ0) is 14.1. The second-order valence-electron chi connectivity index (χ2n) is 6.44. The first-order valence-electron chi connectivity index (χ1n) is 7.95. The van der Waals surface area contributed by atoms with E-state index in [1.807, 2.05) is 4.90 Å². The fourth-order valence-electron chi connectivity index (χ4n) is 3.79. The summed E-state index contributed by atoms with van der Waals surface area (Å²) in [5.41, 5.74) is 0. The predicted octanol–water partition coefficient (Wildman–Crippen LogP) is 1.47. The number of nitrogens with zero attached hydrogens (tertiary/aromatic N) is 2. The SMILES string of the molecule is O=C(O)[C@@H]1CCCN1CC(=O)N(C1CCCC1)C1CC1. The Morgan fingerprint density at radius 1 is 1.00 bits per heavy atom. The molecule has 1 aliphatic heterocycles. The molecule has 1 saturated heterocycles. The molecule has 0 aromatic rings. The quantitative estimate of drug-likeness (QED) is 0.828. The Balaban J connectivity index is 1.63. The lowest BCUT2D eigenvalue weighted by atomic mass is 10.2. The molecule has 5 nitrogen and oxygen atoms in total. The number of carbonyl (C=O) groups excluding carboxylic acids is 1. The largest absolute Gasteiger partial charge is 0.480 e. The highest BCUT2D eigenvalue weighted by molar-refractivity contribution is 5.81. The summed E-state index contributed by atoms with van der Waals surface area (Å²) < 4.78 is 0. The van der Waals surface area contributed by atoms with E-state index >= 15 is 0 Å². The first-order valence-corrected chi connectivity index (χ1v) is 7.95. The van der Waals surface area contributed by atoms with Crippen molar-refractivity contribution < 1.29 is 14.7 Å². The van der Waals surface area contributed by atoms with Crippen LogP contribution in [0.15, 0.2) is 0 Å². The van der Waals surface area contributed by atoms with Crippen LogP contribution in [0.4, 0.5) is 0 Å². The van der Waals surface area contributed by atoms with Crippen molar-refractivity contribution in [1.29, 1.82) is 0 Å². The Bertz CT molecular complexity index is 389. The highest BCUT2D eigenvalue weighted by atomic mass is 16.4. The van der Waals surface area contributed by atoms with Crippen LogP contribution in [0.2, 0.25) is 0 Å². The second kappa shape index (κ2) is 5.72. The molecule has 1 amide bonds. The van der Waals surface area contributed by atoms with Crippen LogP contribution in [0.1, 0.15) is 51.4 Å². The van der Waals surface area contributed by atoms with E-state index in [9.17, 15) is 14.7 Å². The van der Waals surface area contributed by atoms with Gasteiger partial charge in [-0.1, -0.05) is 12.8 Å². The number of amides is 1. The Morgan fingerprint density at radius 3 is 2.25 bits per heavy atom. The van der Waals surface area contributed by atoms with Crippen molar-refractivity contribution in [2.45, 2.75) is 69.5 Å². The van der Waals surface area contributed by atoms with Gasteiger partial charge < -0.3 is 10.0 Å². The van der Waals surface area contributed by atoms with E-state index in [4.69, 9.17) is 0 Å². The molecule has 0 unspecified atom stereocenters. The van der Waals surface area contributed by atoms with Gasteiger partial charge in [0, 0.05) is 12.1 Å². The average molecular weight is 280 g/mol. The fourth-order valence-corrected chi connectivity index (χ4v) is 3.79. The lowest BCUT2D eigenvalue weighted by molar-refractivity contribution is -0.144. The molecule has 0 aromatic carbocycles. The Labute approximate surface area is 119 Å². The van der Waals surface area contributed by atoms with Crippen molar-refractivity contribution in [3.8, 4) is 0 Å². The van der Waals surface area contributed by atoms with E-state index in [1.165, 1.54) is 12.8 Å². The predicted molar refractivity (Wildman–Crippen MR) is 74.4 cm³/mol. The molecule has 2 saturated carbocycles. The molecule has 0 aromatic heterocycles. The molecule has 1 atom stereocenters. The maximum Gasteiger partial charge on any atom is 0.320 e. The van der Waals surface area contributed by atoms with Gasteiger partial charge in [0.15, 0.2) is 0 Å². The number of hydrogen-bond donors (Lipinski definition) is 1. The van der Waals surface area contributed by atoms with Gasteiger partial charge in [-0.2, -0.15) is 0 Å². The van der Waals surface area contributed by atoms with Crippen molar-refractivity contribution in [2.24, 2.45) is 0 Å². The molecule has 20 heavy (non-hydrogen) atoms. The van der Waals surface area contributed by atoms with Crippen LogP contribution in [-0.2, 0) is 9.59 Å². The van der Waals surface area contributed by atoms with E-state index in [0.29, 0.717) is 25.0 Å². The van der Waals surface area contributed by atoms with Gasteiger partial charge in [-0.25, -0.2) is 0 Å². The van der Waals surface area contributed by atoms with Crippen molar-refractivity contribution >= 4 is 11.9 Å². The van der Waals surface area contributed by atoms with Gasteiger partial charge in [0.2, 0.25) is 5.91 Å². The maximum atomic E-state index is 12.6. The van der Waals surface area contributed by atoms with Gasteiger partial charge in [-0.15, -0.1) is 0 Å². The number of likely N-dealkylation sites (tertiary alicyclic amines) is 1. The van der Waals surface area contributed by atoms with E-state index in [1.54, 1.807) is 0 Å². The van der Waals surface area contributed by atoms with Crippen molar-refractivity contribution in [2.75, 3.05) is 13.1 Å². The third kappa shape index (κ3) is 2.82. The number of carbonyl (C=O) groups is 2. The van der Waals surface area contributed by atoms with Crippen LogP contribution in [-0.4, -0.2) is 58.0 Å². The van der Waals surface area contributed by atoms with E-state index in [-0.39, 0.29) is 5.91 Å². The van der Waals surface area contributed by atoms with Gasteiger partial charge in [0.25, 0.3) is 0 Å². The Hall–Kier alpha value is -1.10. The van der Waals surface area contributed by atoms with Crippen LogP contribution in [0, 0.1) is 0 Å². The van der Waals surface area contributed by atoms with E-state index in [0.717, 1.165) is 38.6 Å². The van der Waals surface area contributed by atoms with Crippen LogP contribution >= 0.6 is 0 Å². The number of rotatable bonds is 5. The van der Waals surface area contributed by atoms with Gasteiger partial charge in [0.1, 0.15) is 6.04 Å². The molecule has 3 aliphatic rings. The molecule has 112 valence electrons. The lowest BCUT2D eigenvalue weighted by Crippen LogP contribution is -2.48. The first kappa shape index (κ1) is 13.9. The fraction of sp³-hybridized carbons (Fsp3) is 0.867. The Kier molecular flexibility index (Phi) is 3.96. The molecule has 3 fully saturated rings. The van der Waals surface area contributed by atoms with E-state index in [2.05, 4.69) is 4.90 Å². The van der Waals surface area contributed by atoms with Crippen LogP contribution in [0.25, 0.3) is 0 Å². The van der Waals surface area contributed by atoms with Crippen molar-refractivity contribution in [1.82, 2.24) is 9.80 Å². The van der Waals surface area contributed by atoms with Gasteiger partial charge in [-0.05, 0) is 45.1 Å². The summed E-state index contributed by atoms with van der Waals surface area (Å²) in [7, 11) is 0. The molecule has 5 heteroatoms. The van der Waals surface area contributed by atoms with Crippen LogP contribution in [0.5, 0.6) is 0 Å². The summed E-state index contributed by atoms with van der Waals surface area (Å²) in [5.74, 6) is -0.623. The first-order chi connectivity index (χ1) is 9.66. The normalized spacial score (nSPS) is 27.9. The third-order valence-electron chi connectivity index (χ3n) is 4.93. The van der Waals surface area contributed by atoms with Gasteiger partial charge in [0.05, 0.1) is 6.54 Å². The molecule has 0 radical (unpaired) electrons. The molecule has 0 spiro atoms. The number of aliphatic carboxylic acids is 1. The lowest BCUT2D eigenvalue weighted by Gasteiger charge is -2.31. The summed E-state index contributed by atoms with van der Waals surface area (Å²) >= 11 is 0. The van der Waals surface area contributed by atoms with Crippen LogP contribution in [0.3, 0.4) is 0 Å². The summed E-state index contributed by atoms with van der Waals surface area (Å²) in [4.78, 5) is 27.8. The molecule has 3 rings (SSSR count). The molecule has 1 N–H and O–H groups in total. The monoisotopic (exact) mass is 280 g/mol. The minimum Gasteiger partial charge on any atom is -0.480 e. The van der Waals surface area contributed by atoms with Gasteiger partial charge in [-0.3, -0.25) is 14.5 Å². The summed E-state index contributed by atoms with van der Waals surface area (Å²) in [6.45, 7) is 1.04. The number of carboxylic acid groups (broad SMARTS) is 1.